The van der Waals surface area contributed by atoms with Crippen molar-refractivity contribution >= 4 is 45.7 Å². The molecule has 1 fully saturated rings. The van der Waals surface area contributed by atoms with Gasteiger partial charge in [-0.2, -0.15) is 0 Å². The molecule has 2 heterocycles. The van der Waals surface area contributed by atoms with E-state index in [2.05, 4.69) is 27.5 Å². The van der Waals surface area contributed by atoms with Gasteiger partial charge in [0.1, 0.15) is 0 Å². The topological polar surface area (TPSA) is 99.2 Å². The molecule has 0 atom stereocenters. The van der Waals surface area contributed by atoms with Gasteiger partial charge in [0.2, 0.25) is 17.8 Å². The van der Waals surface area contributed by atoms with Gasteiger partial charge in [-0.25, -0.2) is 9.97 Å². The normalized spacial score (nSPS) is 13.7. The molecule has 2 amide bonds. The zero-order chi connectivity index (χ0) is 26.5. The third-order valence-corrected chi connectivity index (χ3v) is 6.69. The minimum Gasteiger partial charge on any atom is -0.382 e. The van der Waals surface area contributed by atoms with Gasteiger partial charge in [-0.1, -0.05) is 36.9 Å². The minimum absolute atomic E-state index is 0.146. The van der Waals surface area contributed by atoms with Crippen molar-refractivity contribution in [3.05, 3.63) is 85.6 Å². The summed E-state index contributed by atoms with van der Waals surface area (Å²) in [5.74, 6) is 0.388. The van der Waals surface area contributed by atoms with Crippen LogP contribution in [0.5, 0.6) is 0 Å². The Kier molecular flexibility index (Phi) is 7.31. The van der Waals surface area contributed by atoms with Crippen LogP contribution >= 0.6 is 0 Å². The number of para-hydroxylation sites is 1. The van der Waals surface area contributed by atoms with Gasteiger partial charge in [0.05, 0.1) is 5.52 Å². The van der Waals surface area contributed by atoms with Crippen LogP contribution in [0.1, 0.15) is 19.8 Å². The van der Waals surface area contributed by atoms with E-state index < -0.39 is 0 Å². The van der Waals surface area contributed by atoms with E-state index in [-0.39, 0.29) is 11.8 Å². The van der Waals surface area contributed by atoms with Crippen molar-refractivity contribution in [3.8, 4) is 11.1 Å². The number of hydrogen-bond acceptors (Lipinski definition) is 6. The smallest absolute Gasteiger partial charge is 0.247 e. The highest BCUT2D eigenvalue weighted by Crippen LogP contribution is 2.30. The van der Waals surface area contributed by atoms with Gasteiger partial charge in [-0.15, -0.1) is 0 Å². The largest absolute Gasteiger partial charge is 0.382 e. The number of anilines is 4. The lowest BCUT2D eigenvalue weighted by Crippen LogP contribution is -2.41. The van der Waals surface area contributed by atoms with Crippen molar-refractivity contribution in [1.29, 1.82) is 0 Å². The van der Waals surface area contributed by atoms with Gasteiger partial charge in [0, 0.05) is 60.3 Å². The summed E-state index contributed by atoms with van der Waals surface area (Å²) in [4.78, 5) is 34.5. The summed E-state index contributed by atoms with van der Waals surface area (Å²) in [5.41, 5.74) is 5.31. The van der Waals surface area contributed by atoms with E-state index in [4.69, 9.17) is 4.98 Å². The van der Waals surface area contributed by atoms with Crippen LogP contribution in [0.4, 0.5) is 23.0 Å². The molecule has 3 N–H and O–H groups in total. The van der Waals surface area contributed by atoms with Crippen LogP contribution in [-0.4, -0.2) is 45.8 Å². The molecular weight excluding hydrogens is 476 g/mol. The minimum atomic E-state index is -0.256. The first kappa shape index (κ1) is 25.0. The maximum atomic E-state index is 11.7. The van der Waals surface area contributed by atoms with Crippen molar-refractivity contribution in [2.45, 2.75) is 25.8 Å². The number of hydrogen-bond donors (Lipinski definition) is 3. The first-order valence-electron chi connectivity index (χ1n) is 12.7. The highest BCUT2D eigenvalue weighted by molar-refractivity contribution is 6.00. The number of carbonyl (C=O) groups is 2. The van der Waals surface area contributed by atoms with Crippen LogP contribution in [0.15, 0.2) is 85.6 Å². The zero-order valence-electron chi connectivity index (χ0n) is 21.3. The predicted octanol–water partition coefficient (Wildman–Crippen LogP) is 5.59. The van der Waals surface area contributed by atoms with Crippen LogP contribution in [0.2, 0.25) is 0 Å². The molecule has 1 aliphatic heterocycles. The van der Waals surface area contributed by atoms with Gasteiger partial charge < -0.3 is 20.9 Å². The van der Waals surface area contributed by atoms with E-state index in [0.717, 1.165) is 59.3 Å². The lowest BCUT2D eigenvalue weighted by atomic mass is 10.0. The molecular formula is C30H30N6O2. The van der Waals surface area contributed by atoms with Crippen molar-refractivity contribution < 1.29 is 9.59 Å². The van der Waals surface area contributed by atoms with E-state index in [1.54, 1.807) is 13.1 Å². The third-order valence-electron chi connectivity index (χ3n) is 6.69. The second-order valence-electron chi connectivity index (χ2n) is 9.34. The highest BCUT2D eigenvalue weighted by atomic mass is 16.2. The fourth-order valence-corrected chi connectivity index (χ4v) is 4.66. The number of fused-ring (bicyclic) bond motifs is 1. The molecule has 4 aromatic rings. The summed E-state index contributed by atoms with van der Waals surface area (Å²) in [7, 11) is 0. The molecule has 0 unspecified atom stereocenters. The second kappa shape index (κ2) is 11.1. The van der Waals surface area contributed by atoms with Crippen LogP contribution in [0.3, 0.4) is 0 Å². The number of aromatic nitrogens is 2. The van der Waals surface area contributed by atoms with Crippen molar-refractivity contribution in [1.82, 2.24) is 14.9 Å². The second-order valence-corrected chi connectivity index (χ2v) is 9.34. The molecule has 0 aliphatic carbocycles. The Morgan fingerprint density at radius 3 is 2.45 bits per heavy atom. The van der Waals surface area contributed by atoms with E-state index in [0.29, 0.717) is 17.7 Å². The molecule has 38 heavy (non-hydrogen) atoms. The fraction of sp³-hybridized carbons (Fsp3) is 0.200. The van der Waals surface area contributed by atoms with Crippen molar-refractivity contribution in [2.24, 2.45) is 0 Å². The standard InChI is InChI=1S/C30H30N6O2/c1-3-28(38)33-26-8-4-6-21(18-26)27-9-5-7-22-19-31-30(35-29(22)27)34-24-12-10-23(11-13-24)32-25-14-16-36(17-15-25)20(2)37/h3-13,18-19,25,32H,1,14-17H2,2H3,(H,33,38)(H,31,34,35). The molecule has 1 saturated heterocycles. The number of nitrogens with zero attached hydrogens (tertiary/aromatic N) is 3. The zero-order valence-corrected chi connectivity index (χ0v) is 21.3. The van der Waals surface area contributed by atoms with Gasteiger partial charge in [-0.05, 0) is 60.9 Å². The Morgan fingerprint density at radius 1 is 0.974 bits per heavy atom. The fourth-order valence-electron chi connectivity index (χ4n) is 4.66. The quantitative estimate of drug-likeness (QED) is 0.283. The highest BCUT2D eigenvalue weighted by Gasteiger charge is 2.20. The Balaban J connectivity index is 1.31. The Hall–Kier alpha value is -4.72. The van der Waals surface area contributed by atoms with Gasteiger partial charge in [-0.3, -0.25) is 9.59 Å². The molecule has 5 rings (SSSR count). The summed E-state index contributed by atoms with van der Waals surface area (Å²) in [5, 5.41) is 10.6. The van der Waals surface area contributed by atoms with Crippen LogP contribution < -0.4 is 16.0 Å². The number of benzene rings is 3. The number of amides is 2. The molecule has 0 spiro atoms. The average Bonchev–Trinajstić information content (AvgIpc) is 2.94. The summed E-state index contributed by atoms with van der Waals surface area (Å²) in [6, 6.07) is 22.0. The van der Waals surface area contributed by atoms with Gasteiger partial charge in [0.25, 0.3) is 0 Å². The Bertz CT molecular complexity index is 1480. The lowest BCUT2D eigenvalue weighted by Gasteiger charge is -2.32. The first-order valence-corrected chi connectivity index (χ1v) is 12.7. The van der Waals surface area contributed by atoms with E-state index in [1.165, 1.54) is 6.08 Å². The molecule has 192 valence electrons. The van der Waals surface area contributed by atoms with Gasteiger partial charge >= 0.3 is 0 Å². The van der Waals surface area contributed by atoms with Crippen molar-refractivity contribution in [2.75, 3.05) is 29.0 Å². The third kappa shape index (κ3) is 5.81. The summed E-state index contributed by atoms with van der Waals surface area (Å²) in [6.07, 6.45) is 4.94. The SMILES string of the molecule is C=CC(=O)Nc1cccc(-c2cccc3cnc(Nc4ccc(NC5CCN(C(C)=O)CC5)cc4)nc23)c1. The molecule has 1 aliphatic rings. The predicted molar refractivity (Wildman–Crippen MR) is 152 cm³/mol. The molecule has 3 aromatic carbocycles. The lowest BCUT2D eigenvalue weighted by molar-refractivity contribution is -0.129. The molecule has 8 heteroatoms. The average molecular weight is 507 g/mol. The summed E-state index contributed by atoms with van der Waals surface area (Å²) >= 11 is 0. The first-order chi connectivity index (χ1) is 18.5. The van der Waals surface area contributed by atoms with Crippen molar-refractivity contribution in [3.63, 3.8) is 0 Å². The maximum Gasteiger partial charge on any atom is 0.247 e. The van der Waals surface area contributed by atoms with Gasteiger partial charge in [0.15, 0.2) is 0 Å². The Morgan fingerprint density at radius 2 is 1.71 bits per heavy atom. The number of likely N-dealkylation sites (tertiary alicyclic amines) is 1. The molecule has 1 aromatic heterocycles. The Labute approximate surface area is 221 Å². The number of rotatable bonds is 7. The van der Waals surface area contributed by atoms with Crippen LogP contribution in [-0.2, 0) is 9.59 Å². The molecule has 0 bridgehead atoms. The summed E-state index contributed by atoms with van der Waals surface area (Å²) in [6.45, 7) is 6.72. The monoisotopic (exact) mass is 506 g/mol. The van der Waals surface area contributed by atoms with E-state index in [1.807, 2.05) is 71.6 Å². The number of piperidine rings is 1. The van der Waals surface area contributed by atoms with Crippen LogP contribution in [0.25, 0.3) is 22.0 Å². The molecule has 0 saturated carbocycles. The number of carbonyl (C=O) groups excluding carboxylic acids is 2. The number of nitrogens with one attached hydrogen (secondary N) is 3. The maximum absolute atomic E-state index is 11.7. The molecule has 0 radical (unpaired) electrons. The summed E-state index contributed by atoms with van der Waals surface area (Å²) < 4.78 is 0. The van der Waals surface area contributed by atoms with E-state index in [9.17, 15) is 9.59 Å². The van der Waals surface area contributed by atoms with E-state index >= 15 is 0 Å². The molecule has 8 nitrogen and oxygen atoms in total. The van der Waals surface area contributed by atoms with Crippen LogP contribution in [0, 0.1) is 0 Å².